The summed E-state index contributed by atoms with van der Waals surface area (Å²) in [5.41, 5.74) is -0.992. The number of hydrogen-bond acceptors (Lipinski definition) is 7. The SMILES string of the molecule is CC(=O)NC(COCCC(=O)C(C)C)(COCCC(=O)C(C)C)COCCC(=O)C(C)C. The van der Waals surface area contributed by atoms with Crippen LogP contribution in [0.2, 0.25) is 0 Å². The van der Waals surface area contributed by atoms with E-state index in [1.807, 2.05) is 41.5 Å². The predicted molar refractivity (Wildman–Crippen MR) is 122 cm³/mol. The summed E-state index contributed by atoms with van der Waals surface area (Å²) in [6.45, 7) is 13.3. The molecule has 0 atom stereocenters. The van der Waals surface area contributed by atoms with Crippen LogP contribution >= 0.6 is 0 Å². The summed E-state index contributed by atoms with van der Waals surface area (Å²) >= 11 is 0. The second-order valence-electron chi connectivity index (χ2n) is 9.23. The van der Waals surface area contributed by atoms with Crippen molar-refractivity contribution in [2.75, 3.05) is 39.6 Å². The lowest BCUT2D eigenvalue weighted by molar-refractivity contribution is -0.129. The zero-order valence-electron chi connectivity index (χ0n) is 21.0. The molecular formula is C24H43NO7. The smallest absolute Gasteiger partial charge is 0.217 e. The van der Waals surface area contributed by atoms with E-state index in [1.165, 1.54) is 6.92 Å². The van der Waals surface area contributed by atoms with Gasteiger partial charge in [0.2, 0.25) is 5.91 Å². The molecule has 0 aromatic carbocycles. The van der Waals surface area contributed by atoms with E-state index in [0.717, 1.165) is 0 Å². The molecule has 0 saturated carbocycles. The largest absolute Gasteiger partial charge is 0.378 e. The van der Waals surface area contributed by atoms with Crippen LogP contribution in [0.5, 0.6) is 0 Å². The Morgan fingerprint density at radius 2 is 0.906 bits per heavy atom. The van der Waals surface area contributed by atoms with Gasteiger partial charge in [-0.1, -0.05) is 41.5 Å². The van der Waals surface area contributed by atoms with E-state index in [1.54, 1.807) is 0 Å². The van der Waals surface area contributed by atoms with E-state index in [9.17, 15) is 19.2 Å². The van der Waals surface area contributed by atoms with Crippen molar-refractivity contribution in [3.05, 3.63) is 0 Å². The summed E-state index contributed by atoms with van der Waals surface area (Å²) in [6, 6.07) is 0. The first kappa shape index (κ1) is 30.4. The first-order valence-corrected chi connectivity index (χ1v) is 11.5. The number of Topliss-reactive ketones (excluding diaryl/α,β-unsaturated/α-hetero) is 3. The molecule has 0 fully saturated rings. The van der Waals surface area contributed by atoms with Gasteiger partial charge in [0, 0.05) is 43.9 Å². The minimum atomic E-state index is -0.992. The van der Waals surface area contributed by atoms with Crippen LogP contribution < -0.4 is 5.32 Å². The van der Waals surface area contributed by atoms with Gasteiger partial charge < -0.3 is 19.5 Å². The number of nitrogens with one attached hydrogen (secondary N) is 1. The monoisotopic (exact) mass is 457 g/mol. The predicted octanol–water partition coefficient (Wildman–Crippen LogP) is 2.76. The molecule has 0 aliphatic rings. The highest BCUT2D eigenvalue weighted by Crippen LogP contribution is 2.12. The third-order valence-electron chi connectivity index (χ3n) is 4.99. The van der Waals surface area contributed by atoms with Crippen molar-refractivity contribution in [2.45, 2.75) is 73.3 Å². The lowest BCUT2D eigenvalue weighted by Gasteiger charge is -2.34. The van der Waals surface area contributed by atoms with E-state index in [4.69, 9.17) is 14.2 Å². The highest BCUT2D eigenvalue weighted by molar-refractivity contribution is 5.81. The van der Waals surface area contributed by atoms with Crippen LogP contribution in [0.3, 0.4) is 0 Å². The van der Waals surface area contributed by atoms with Crippen LogP contribution in [0.15, 0.2) is 0 Å². The third kappa shape index (κ3) is 13.7. The van der Waals surface area contributed by atoms with Crippen molar-refractivity contribution in [2.24, 2.45) is 17.8 Å². The average molecular weight is 458 g/mol. The first-order chi connectivity index (χ1) is 14.9. The molecule has 8 nitrogen and oxygen atoms in total. The number of ether oxygens (including phenoxy) is 3. The van der Waals surface area contributed by atoms with Crippen molar-refractivity contribution in [3.63, 3.8) is 0 Å². The first-order valence-electron chi connectivity index (χ1n) is 11.5. The molecule has 0 saturated heterocycles. The van der Waals surface area contributed by atoms with Gasteiger partial charge in [0.25, 0.3) is 0 Å². The van der Waals surface area contributed by atoms with Crippen LogP contribution in [0.25, 0.3) is 0 Å². The van der Waals surface area contributed by atoms with Gasteiger partial charge in [0.15, 0.2) is 0 Å². The van der Waals surface area contributed by atoms with Gasteiger partial charge >= 0.3 is 0 Å². The zero-order valence-corrected chi connectivity index (χ0v) is 21.0. The number of ketones is 3. The van der Waals surface area contributed by atoms with Crippen LogP contribution in [0.4, 0.5) is 0 Å². The van der Waals surface area contributed by atoms with Crippen LogP contribution in [-0.4, -0.2) is 68.4 Å². The fraction of sp³-hybridized carbons (Fsp3) is 0.833. The highest BCUT2D eigenvalue weighted by atomic mass is 16.5. The van der Waals surface area contributed by atoms with Gasteiger partial charge in [-0.05, 0) is 0 Å². The van der Waals surface area contributed by atoms with Crippen LogP contribution in [0, 0.1) is 17.8 Å². The Hall–Kier alpha value is -1.64. The Kier molecular flexibility index (Phi) is 15.2. The molecular weight excluding hydrogens is 414 g/mol. The Morgan fingerprint density at radius 3 is 1.12 bits per heavy atom. The molecule has 0 unspecified atom stereocenters. The van der Waals surface area contributed by atoms with Gasteiger partial charge in [-0.15, -0.1) is 0 Å². The van der Waals surface area contributed by atoms with Crippen molar-refractivity contribution < 1.29 is 33.4 Å². The summed E-state index contributed by atoms with van der Waals surface area (Å²) in [4.78, 5) is 47.4. The molecule has 1 N–H and O–H groups in total. The maximum Gasteiger partial charge on any atom is 0.217 e. The second-order valence-corrected chi connectivity index (χ2v) is 9.23. The lowest BCUT2D eigenvalue weighted by atomic mass is 10.0. The minimum Gasteiger partial charge on any atom is -0.378 e. The number of hydrogen-bond donors (Lipinski definition) is 1. The Morgan fingerprint density at radius 1 is 0.625 bits per heavy atom. The Balaban J connectivity index is 5.04. The van der Waals surface area contributed by atoms with E-state index < -0.39 is 5.54 Å². The zero-order chi connectivity index (χ0) is 24.7. The van der Waals surface area contributed by atoms with Crippen molar-refractivity contribution in [3.8, 4) is 0 Å². The molecule has 0 rings (SSSR count). The summed E-state index contributed by atoms with van der Waals surface area (Å²) in [5.74, 6) is -0.186. The molecule has 8 heteroatoms. The van der Waals surface area contributed by atoms with Gasteiger partial charge in [-0.25, -0.2) is 0 Å². The molecule has 0 heterocycles. The fourth-order valence-electron chi connectivity index (χ4n) is 2.79. The second kappa shape index (κ2) is 16.0. The standard InChI is InChI=1S/C24H43NO7/c1-17(2)21(27)8-11-30-14-24(25-20(7)26,15-31-12-9-22(28)18(3)4)16-32-13-10-23(29)19(5)6/h17-19H,8-16H2,1-7H3,(H,25,26). The van der Waals surface area contributed by atoms with E-state index in [0.29, 0.717) is 0 Å². The normalized spacial score (nSPS) is 11.9. The van der Waals surface area contributed by atoms with E-state index in [-0.39, 0.29) is 99.9 Å². The quantitative estimate of drug-likeness (QED) is 0.297. The third-order valence-corrected chi connectivity index (χ3v) is 4.99. The molecule has 186 valence electrons. The molecule has 32 heavy (non-hydrogen) atoms. The van der Waals surface area contributed by atoms with Gasteiger partial charge in [-0.3, -0.25) is 19.2 Å². The van der Waals surface area contributed by atoms with E-state index >= 15 is 0 Å². The molecule has 0 radical (unpaired) electrons. The summed E-state index contributed by atoms with van der Waals surface area (Å²) in [7, 11) is 0. The maximum absolute atomic E-state index is 11.9. The summed E-state index contributed by atoms with van der Waals surface area (Å²) in [6.07, 6.45) is 0.837. The summed E-state index contributed by atoms with van der Waals surface area (Å²) in [5, 5.41) is 2.86. The van der Waals surface area contributed by atoms with Gasteiger partial charge in [-0.2, -0.15) is 0 Å². The van der Waals surface area contributed by atoms with Crippen molar-refractivity contribution >= 4 is 23.3 Å². The minimum absolute atomic E-state index is 0.0673. The molecule has 0 aromatic heterocycles. The van der Waals surface area contributed by atoms with Gasteiger partial charge in [0.05, 0.1) is 39.6 Å². The number of carbonyl (C=O) groups excluding carboxylic acids is 4. The van der Waals surface area contributed by atoms with Gasteiger partial charge in [0.1, 0.15) is 22.9 Å². The van der Waals surface area contributed by atoms with Crippen molar-refractivity contribution in [1.82, 2.24) is 5.32 Å². The highest BCUT2D eigenvalue weighted by Gasteiger charge is 2.33. The molecule has 0 aliphatic heterocycles. The number of carbonyl (C=O) groups is 4. The topological polar surface area (TPSA) is 108 Å². The molecule has 0 spiro atoms. The maximum atomic E-state index is 11.9. The number of amides is 1. The molecule has 1 amide bonds. The molecule has 0 bridgehead atoms. The molecule has 0 aliphatic carbocycles. The average Bonchev–Trinajstić information content (AvgIpc) is 2.70. The van der Waals surface area contributed by atoms with Crippen LogP contribution in [0.1, 0.15) is 67.7 Å². The summed E-state index contributed by atoms with van der Waals surface area (Å²) < 4.78 is 17.2. The number of rotatable bonds is 19. The van der Waals surface area contributed by atoms with Crippen LogP contribution in [-0.2, 0) is 33.4 Å². The van der Waals surface area contributed by atoms with E-state index in [2.05, 4.69) is 5.32 Å². The Bertz CT molecular complexity index is 530. The Labute approximate surface area is 193 Å². The molecule has 0 aromatic rings. The lowest BCUT2D eigenvalue weighted by Crippen LogP contribution is -2.58. The van der Waals surface area contributed by atoms with Crippen molar-refractivity contribution in [1.29, 1.82) is 0 Å². The fourth-order valence-corrected chi connectivity index (χ4v) is 2.79.